The molecule has 0 fully saturated rings. The Bertz CT molecular complexity index is 455. The molecule has 0 aliphatic heterocycles. The van der Waals surface area contributed by atoms with Gasteiger partial charge in [0.2, 0.25) is 5.91 Å². The first kappa shape index (κ1) is 14.4. The molecule has 1 amide bonds. The predicted octanol–water partition coefficient (Wildman–Crippen LogP) is 1.16. The SMILES string of the molecule is CNC(=O)CN(C)CC(=O)c1ccc(C)c(C)c1. The third-order valence-electron chi connectivity index (χ3n) is 2.93. The van der Waals surface area contributed by atoms with Crippen LogP contribution in [0.25, 0.3) is 0 Å². The monoisotopic (exact) mass is 248 g/mol. The van der Waals surface area contributed by atoms with Crippen LogP contribution in [0.5, 0.6) is 0 Å². The first-order valence-electron chi connectivity index (χ1n) is 5.93. The molecule has 0 heterocycles. The van der Waals surface area contributed by atoms with Crippen molar-refractivity contribution in [3.8, 4) is 0 Å². The summed E-state index contributed by atoms with van der Waals surface area (Å²) in [6.45, 7) is 4.48. The van der Waals surface area contributed by atoms with Crippen molar-refractivity contribution in [2.75, 3.05) is 27.2 Å². The number of aryl methyl sites for hydroxylation is 2. The molecule has 0 aliphatic carbocycles. The molecule has 18 heavy (non-hydrogen) atoms. The van der Waals surface area contributed by atoms with Crippen LogP contribution in [-0.2, 0) is 4.79 Å². The minimum atomic E-state index is -0.0922. The Labute approximate surface area is 108 Å². The molecule has 0 saturated heterocycles. The van der Waals surface area contributed by atoms with Gasteiger partial charge in [-0.25, -0.2) is 0 Å². The molecule has 0 atom stereocenters. The van der Waals surface area contributed by atoms with Gasteiger partial charge in [-0.15, -0.1) is 0 Å². The third kappa shape index (κ3) is 3.96. The van der Waals surface area contributed by atoms with Crippen LogP contribution < -0.4 is 5.32 Å². The van der Waals surface area contributed by atoms with E-state index in [9.17, 15) is 9.59 Å². The molecule has 0 aliphatic rings. The van der Waals surface area contributed by atoms with Gasteiger partial charge in [0.25, 0.3) is 0 Å². The molecule has 1 rings (SSSR count). The fourth-order valence-electron chi connectivity index (χ4n) is 1.63. The second-order valence-electron chi connectivity index (χ2n) is 4.57. The zero-order chi connectivity index (χ0) is 13.7. The topological polar surface area (TPSA) is 49.4 Å². The van der Waals surface area contributed by atoms with Crippen molar-refractivity contribution >= 4 is 11.7 Å². The number of likely N-dealkylation sites (N-methyl/N-ethyl adjacent to an activating group) is 2. The number of hydrogen-bond donors (Lipinski definition) is 1. The van der Waals surface area contributed by atoms with Crippen LogP contribution in [0.4, 0.5) is 0 Å². The number of nitrogens with zero attached hydrogens (tertiary/aromatic N) is 1. The molecule has 0 aromatic heterocycles. The number of ketones is 1. The van der Waals surface area contributed by atoms with Crippen molar-refractivity contribution in [2.24, 2.45) is 0 Å². The highest BCUT2D eigenvalue weighted by Crippen LogP contribution is 2.10. The minimum Gasteiger partial charge on any atom is -0.358 e. The van der Waals surface area contributed by atoms with E-state index in [4.69, 9.17) is 0 Å². The molecule has 1 N–H and O–H groups in total. The minimum absolute atomic E-state index is 0.0319. The van der Waals surface area contributed by atoms with Crippen LogP contribution in [0.3, 0.4) is 0 Å². The lowest BCUT2D eigenvalue weighted by Crippen LogP contribution is -2.36. The van der Waals surface area contributed by atoms with Crippen molar-refractivity contribution in [3.63, 3.8) is 0 Å². The van der Waals surface area contributed by atoms with Gasteiger partial charge in [0, 0.05) is 12.6 Å². The maximum atomic E-state index is 12.0. The Morgan fingerprint density at radius 2 is 1.83 bits per heavy atom. The molecule has 0 unspecified atom stereocenters. The number of Topliss-reactive ketones (excluding diaryl/α,β-unsaturated/α-hetero) is 1. The lowest BCUT2D eigenvalue weighted by atomic mass is 10.0. The van der Waals surface area contributed by atoms with Gasteiger partial charge < -0.3 is 5.32 Å². The molecule has 0 saturated carbocycles. The van der Waals surface area contributed by atoms with E-state index in [1.54, 1.807) is 19.0 Å². The summed E-state index contributed by atoms with van der Waals surface area (Å²) in [5, 5.41) is 2.53. The quantitative estimate of drug-likeness (QED) is 0.796. The van der Waals surface area contributed by atoms with Crippen LogP contribution in [-0.4, -0.2) is 43.8 Å². The highest BCUT2D eigenvalue weighted by Gasteiger charge is 2.12. The van der Waals surface area contributed by atoms with Gasteiger partial charge in [0.15, 0.2) is 5.78 Å². The van der Waals surface area contributed by atoms with E-state index in [2.05, 4.69) is 5.32 Å². The number of carbonyl (C=O) groups is 2. The maximum absolute atomic E-state index is 12.0. The van der Waals surface area contributed by atoms with Gasteiger partial charge in [0.05, 0.1) is 13.1 Å². The molecular weight excluding hydrogens is 228 g/mol. The molecule has 4 nitrogen and oxygen atoms in total. The summed E-state index contributed by atoms with van der Waals surface area (Å²) in [4.78, 5) is 24.9. The summed E-state index contributed by atoms with van der Waals surface area (Å²) in [5.74, 6) is -0.0603. The fraction of sp³-hybridized carbons (Fsp3) is 0.429. The first-order valence-corrected chi connectivity index (χ1v) is 5.93. The Kier molecular flexibility index (Phi) is 5.04. The summed E-state index contributed by atoms with van der Waals surface area (Å²) in [6.07, 6.45) is 0. The summed E-state index contributed by atoms with van der Waals surface area (Å²) in [6, 6.07) is 5.67. The van der Waals surface area contributed by atoms with Gasteiger partial charge >= 0.3 is 0 Å². The summed E-state index contributed by atoms with van der Waals surface area (Å²) in [7, 11) is 3.34. The molecule has 0 spiro atoms. The number of rotatable bonds is 5. The second kappa shape index (κ2) is 6.31. The second-order valence-corrected chi connectivity index (χ2v) is 4.57. The van der Waals surface area contributed by atoms with E-state index in [1.807, 2.05) is 32.0 Å². The van der Waals surface area contributed by atoms with E-state index in [-0.39, 0.29) is 24.8 Å². The van der Waals surface area contributed by atoms with E-state index in [0.29, 0.717) is 5.56 Å². The Morgan fingerprint density at radius 3 is 2.39 bits per heavy atom. The smallest absolute Gasteiger partial charge is 0.233 e. The van der Waals surface area contributed by atoms with Crippen molar-refractivity contribution in [2.45, 2.75) is 13.8 Å². The van der Waals surface area contributed by atoms with Crippen molar-refractivity contribution in [3.05, 3.63) is 34.9 Å². The van der Waals surface area contributed by atoms with Crippen LogP contribution in [0.15, 0.2) is 18.2 Å². The van der Waals surface area contributed by atoms with E-state index < -0.39 is 0 Å². The number of hydrogen-bond acceptors (Lipinski definition) is 3. The van der Waals surface area contributed by atoms with E-state index in [1.165, 1.54) is 5.56 Å². The Morgan fingerprint density at radius 1 is 1.17 bits per heavy atom. The number of nitrogens with one attached hydrogen (secondary N) is 1. The van der Waals surface area contributed by atoms with Crippen LogP contribution >= 0.6 is 0 Å². The van der Waals surface area contributed by atoms with Crippen LogP contribution in [0, 0.1) is 13.8 Å². The summed E-state index contributed by atoms with van der Waals surface area (Å²) >= 11 is 0. The number of amides is 1. The molecular formula is C14H20N2O2. The van der Waals surface area contributed by atoms with Gasteiger partial charge in [-0.2, -0.15) is 0 Å². The fourth-order valence-corrected chi connectivity index (χ4v) is 1.63. The van der Waals surface area contributed by atoms with Crippen molar-refractivity contribution in [1.29, 1.82) is 0 Å². The first-order chi connectivity index (χ1) is 8.43. The van der Waals surface area contributed by atoms with Crippen molar-refractivity contribution < 1.29 is 9.59 Å². The summed E-state index contributed by atoms with van der Waals surface area (Å²) in [5.41, 5.74) is 2.97. The highest BCUT2D eigenvalue weighted by molar-refractivity contribution is 5.98. The largest absolute Gasteiger partial charge is 0.358 e. The Hall–Kier alpha value is -1.68. The van der Waals surface area contributed by atoms with Gasteiger partial charge in [-0.05, 0) is 38.1 Å². The van der Waals surface area contributed by atoms with Crippen LogP contribution in [0.1, 0.15) is 21.5 Å². The van der Waals surface area contributed by atoms with Gasteiger partial charge in [-0.3, -0.25) is 14.5 Å². The highest BCUT2D eigenvalue weighted by atomic mass is 16.2. The molecule has 1 aromatic rings. The average molecular weight is 248 g/mol. The third-order valence-corrected chi connectivity index (χ3v) is 2.93. The zero-order valence-corrected chi connectivity index (χ0v) is 11.4. The zero-order valence-electron chi connectivity index (χ0n) is 11.4. The molecule has 4 heteroatoms. The lowest BCUT2D eigenvalue weighted by molar-refractivity contribution is -0.121. The summed E-state index contributed by atoms with van der Waals surface area (Å²) < 4.78 is 0. The number of benzene rings is 1. The van der Waals surface area contributed by atoms with Gasteiger partial charge in [0.1, 0.15) is 0 Å². The van der Waals surface area contributed by atoms with Gasteiger partial charge in [-0.1, -0.05) is 12.1 Å². The molecule has 0 bridgehead atoms. The van der Waals surface area contributed by atoms with Crippen LogP contribution in [0.2, 0.25) is 0 Å². The number of carbonyl (C=O) groups excluding carboxylic acids is 2. The predicted molar refractivity (Wildman–Crippen MR) is 71.8 cm³/mol. The maximum Gasteiger partial charge on any atom is 0.233 e. The van der Waals surface area contributed by atoms with Crippen molar-refractivity contribution in [1.82, 2.24) is 10.2 Å². The Balaban J connectivity index is 2.64. The lowest BCUT2D eigenvalue weighted by Gasteiger charge is -2.14. The standard InChI is InChI=1S/C14H20N2O2/c1-10-5-6-12(7-11(10)2)13(17)8-16(4)9-14(18)15-3/h5-7H,8-9H2,1-4H3,(H,15,18). The average Bonchev–Trinajstić information content (AvgIpc) is 2.32. The molecule has 98 valence electrons. The molecule has 0 radical (unpaired) electrons. The molecule has 1 aromatic carbocycles. The van der Waals surface area contributed by atoms with E-state index in [0.717, 1.165) is 5.56 Å². The van der Waals surface area contributed by atoms with E-state index >= 15 is 0 Å². The normalized spacial score (nSPS) is 10.5.